The van der Waals surface area contributed by atoms with Crippen LogP contribution in [0.1, 0.15) is 38.2 Å². The molecule has 1 rings (SSSR count). The monoisotopic (exact) mass is 340 g/mol. The predicted molar refractivity (Wildman–Crippen MR) is 87.1 cm³/mol. The van der Waals surface area contributed by atoms with E-state index in [1.54, 1.807) is 6.07 Å². The Bertz CT molecular complexity index is 577. The summed E-state index contributed by atoms with van der Waals surface area (Å²) in [7, 11) is 0. The molecule has 6 N–H and O–H groups in total. The molecule has 24 heavy (non-hydrogen) atoms. The van der Waals surface area contributed by atoms with Crippen molar-refractivity contribution >= 4 is 11.8 Å². The molecule has 0 heterocycles. The molecule has 0 bridgehead atoms. The summed E-state index contributed by atoms with van der Waals surface area (Å²) in [6, 6.07) is 5.79. The molecule has 2 unspecified atom stereocenters. The summed E-state index contributed by atoms with van der Waals surface area (Å²) in [6.07, 6.45) is 0.547. The predicted octanol–water partition coefficient (Wildman–Crippen LogP) is 0.627. The van der Waals surface area contributed by atoms with E-state index >= 15 is 0 Å². The lowest BCUT2D eigenvalue weighted by Gasteiger charge is -2.22. The number of carbonyl (C=O) groups is 2. The molecule has 7 heteroatoms. The number of halogens is 1. The second-order valence-electron chi connectivity index (χ2n) is 6.29. The van der Waals surface area contributed by atoms with E-state index < -0.39 is 35.3 Å². The molecule has 134 valence electrons. The van der Waals surface area contributed by atoms with Crippen molar-refractivity contribution < 1.29 is 24.2 Å². The number of unbranched alkanes of at least 4 members (excludes halogenated alkanes) is 1. The third-order valence-electron chi connectivity index (χ3n) is 4.12. The summed E-state index contributed by atoms with van der Waals surface area (Å²) in [5.41, 5.74) is 9.40. The van der Waals surface area contributed by atoms with Crippen LogP contribution in [0.15, 0.2) is 24.3 Å². The molecule has 1 aromatic rings. The second-order valence-corrected chi connectivity index (χ2v) is 6.29. The van der Waals surface area contributed by atoms with Gasteiger partial charge in [-0.2, -0.15) is 0 Å². The summed E-state index contributed by atoms with van der Waals surface area (Å²) < 4.78 is 13.2. The number of rotatable bonds is 10. The summed E-state index contributed by atoms with van der Waals surface area (Å²) >= 11 is 0. The summed E-state index contributed by atoms with van der Waals surface area (Å²) in [6.45, 7) is 1.34. The Labute approximate surface area is 140 Å². The zero-order valence-electron chi connectivity index (χ0n) is 13.7. The number of hydrogen-bond donors (Lipinski definition) is 4. The maximum atomic E-state index is 13.2. The first-order chi connectivity index (χ1) is 11.1. The molecule has 0 aliphatic heterocycles. The van der Waals surface area contributed by atoms with Gasteiger partial charge in [0.2, 0.25) is 11.8 Å². The minimum Gasteiger partial charge on any atom is -0.392 e. The molecule has 0 saturated carbocycles. The summed E-state index contributed by atoms with van der Waals surface area (Å²) in [5.74, 6) is -2.71. The summed E-state index contributed by atoms with van der Waals surface area (Å²) in [4.78, 5) is 22.6. The lowest BCUT2D eigenvalue weighted by atomic mass is 9.89. The molecule has 0 spiro atoms. The Morgan fingerprint density at radius 3 is 2.50 bits per heavy atom. The van der Waals surface area contributed by atoms with Crippen LogP contribution < -0.4 is 11.5 Å². The van der Waals surface area contributed by atoms with E-state index in [1.165, 1.54) is 25.1 Å². The normalized spacial score (nSPS) is 16.2. The quantitative estimate of drug-likeness (QED) is 0.466. The number of aliphatic hydroxyl groups excluding tert-OH is 1. The zero-order chi connectivity index (χ0) is 18.3. The first kappa shape index (κ1) is 20.1. The van der Waals surface area contributed by atoms with Crippen molar-refractivity contribution in [2.45, 2.75) is 50.7 Å². The van der Waals surface area contributed by atoms with E-state index in [9.17, 15) is 24.2 Å². The highest BCUT2D eigenvalue weighted by molar-refractivity contribution is 5.82. The van der Waals surface area contributed by atoms with Crippen molar-refractivity contribution in [1.29, 1.82) is 0 Å². The lowest BCUT2D eigenvalue weighted by molar-refractivity contribution is -0.135. The van der Waals surface area contributed by atoms with Crippen molar-refractivity contribution in [1.82, 2.24) is 0 Å². The average Bonchev–Trinajstić information content (AvgIpc) is 2.48. The van der Waals surface area contributed by atoms with Crippen LogP contribution in [0.2, 0.25) is 0 Å². The number of aliphatic hydroxyl groups is 2. The van der Waals surface area contributed by atoms with Gasteiger partial charge in [0.1, 0.15) is 11.4 Å². The van der Waals surface area contributed by atoms with Gasteiger partial charge in [-0.3, -0.25) is 9.59 Å². The van der Waals surface area contributed by atoms with E-state index in [0.717, 1.165) is 0 Å². The molecule has 0 aliphatic carbocycles. The average molecular weight is 340 g/mol. The van der Waals surface area contributed by atoms with Gasteiger partial charge in [0.15, 0.2) is 0 Å². The van der Waals surface area contributed by atoms with E-state index in [0.29, 0.717) is 18.4 Å². The minimum atomic E-state index is -1.59. The molecule has 3 atom stereocenters. The molecule has 0 fully saturated rings. The number of amides is 2. The van der Waals surface area contributed by atoms with Crippen LogP contribution in [0, 0.1) is 11.7 Å². The number of benzene rings is 1. The van der Waals surface area contributed by atoms with E-state index in [2.05, 4.69) is 0 Å². The minimum absolute atomic E-state index is 0.146. The van der Waals surface area contributed by atoms with E-state index in [-0.39, 0.29) is 19.3 Å². The van der Waals surface area contributed by atoms with Gasteiger partial charge in [-0.05, 0) is 50.3 Å². The number of primary amides is 2. The molecule has 0 saturated heterocycles. The van der Waals surface area contributed by atoms with Gasteiger partial charge in [-0.1, -0.05) is 18.6 Å². The molecule has 0 radical (unpaired) electrons. The van der Waals surface area contributed by atoms with E-state index in [4.69, 9.17) is 11.5 Å². The highest BCUT2D eigenvalue weighted by atomic mass is 19.1. The maximum Gasteiger partial charge on any atom is 0.249 e. The van der Waals surface area contributed by atoms with E-state index in [1.807, 2.05) is 0 Å². The van der Waals surface area contributed by atoms with Gasteiger partial charge in [0, 0.05) is 0 Å². The molecular weight excluding hydrogens is 315 g/mol. The van der Waals surface area contributed by atoms with Crippen LogP contribution in [0.3, 0.4) is 0 Å². The Morgan fingerprint density at radius 1 is 1.29 bits per heavy atom. The van der Waals surface area contributed by atoms with Gasteiger partial charge < -0.3 is 21.7 Å². The van der Waals surface area contributed by atoms with Crippen LogP contribution in [0.4, 0.5) is 4.39 Å². The first-order valence-electron chi connectivity index (χ1n) is 7.87. The smallest absolute Gasteiger partial charge is 0.249 e. The van der Waals surface area contributed by atoms with Gasteiger partial charge in [0.05, 0.1) is 12.0 Å². The van der Waals surface area contributed by atoms with Crippen LogP contribution in [0.5, 0.6) is 0 Å². The molecule has 0 aliphatic rings. The van der Waals surface area contributed by atoms with Gasteiger partial charge in [-0.15, -0.1) is 0 Å². The van der Waals surface area contributed by atoms with Gasteiger partial charge in [-0.25, -0.2) is 4.39 Å². The highest BCUT2D eigenvalue weighted by Gasteiger charge is 2.28. The maximum absolute atomic E-state index is 13.2. The molecule has 6 nitrogen and oxygen atoms in total. The molecule has 2 amide bonds. The fourth-order valence-electron chi connectivity index (χ4n) is 2.49. The fourth-order valence-corrected chi connectivity index (χ4v) is 2.49. The number of nitrogens with two attached hydrogens (primary N) is 2. The second kappa shape index (κ2) is 8.75. The lowest BCUT2D eigenvalue weighted by Crippen LogP contribution is -2.40. The first-order valence-corrected chi connectivity index (χ1v) is 7.87. The van der Waals surface area contributed by atoms with Crippen molar-refractivity contribution in [2.24, 2.45) is 17.4 Å². The summed E-state index contributed by atoms with van der Waals surface area (Å²) in [5, 5.41) is 19.9. The number of hydrogen-bond acceptors (Lipinski definition) is 4. The SMILES string of the molecule is CC(O)(CCCC[C@H](O)C(Cc1cccc(F)c1)C(N)=O)C(N)=O. The molecule has 0 aromatic heterocycles. The fraction of sp³-hybridized carbons (Fsp3) is 0.529. The Hall–Kier alpha value is -1.99. The van der Waals surface area contributed by atoms with Crippen molar-refractivity contribution in [3.8, 4) is 0 Å². The van der Waals surface area contributed by atoms with Crippen molar-refractivity contribution in [3.63, 3.8) is 0 Å². The van der Waals surface area contributed by atoms with Crippen LogP contribution in [-0.2, 0) is 16.0 Å². The topological polar surface area (TPSA) is 127 Å². The Morgan fingerprint density at radius 2 is 1.96 bits per heavy atom. The third kappa shape index (κ3) is 6.25. The zero-order valence-corrected chi connectivity index (χ0v) is 13.7. The Kier molecular flexibility index (Phi) is 7.31. The Balaban J connectivity index is 2.54. The van der Waals surface area contributed by atoms with Crippen LogP contribution >= 0.6 is 0 Å². The highest BCUT2D eigenvalue weighted by Crippen LogP contribution is 2.20. The van der Waals surface area contributed by atoms with Gasteiger partial charge in [0.25, 0.3) is 0 Å². The largest absolute Gasteiger partial charge is 0.392 e. The van der Waals surface area contributed by atoms with Crippen LogP contribution in [-0.4, -0.2) is 33.7 Å². The molecule has 1 aromatic carbocycles. The van der Waals surface area contributed by atoms with Gasteiger partial charge >= 0.3 is 0 Å². The standard InChI is InChI=1S/C17H25FN2O4/c1-17(24,16(20)23)8-3-2-7-14(21)13(15(19)22)10-11-5-4-6-12(18)9-11/h4-6,9,13-14,21,24H,2-3,7-8,10H2,1H3,(H2,19,22)(H2,20,23)/t13?,14-,17?/m0/s1. The molecular formula is C17H25FN2O4. The van der Waals surface area contributed by atoms with Crippen molar-refractivity contribution in [3.05, 3.63) is 35.6 Å². The third-order valence-corrected chi connectivity index (χ3v) is 4.12. The van der Waals surface area contributed by atoms with Crippen LogP contribution in [0.25, 0.3) is 0 Å². The number of carbonyl (C=O) groups excluding carboxylic acids is 2. The van der Waals surface area contributed by atoms with Crippen molar-refractivity contribution in [2.75, 3.05) is 0 Å².